The first-order valence-corrected chi connectivity index (χ1v) is 10.6. The molecule has 0 saturated heterocycles. The van der Waals surface area contributed by atoms with Gasteiger partial charge < -0.3 is 20.3 Å². The van der Waals surface area contributed by atoms with Gasteiger partial charge in [0.05, 0.1) is 25.2 Å². The van der Waals surface area contributed by atoms with Crippen LogP contribution >= 0.6 is 0 Å². The van der Waals surface area contributed by atoms with Gasteiger partial charge in [0.15, 0.2) is 5.82 Å². The number of aromatic hydroxyl groups is 2. The summed E-state index contributed by atoms with van der Waals surface area (Å²) >= 11 is 0. The number of phenols is 2. The lowest BCUT2D eigenvalue weighted by Crippen LogP contribution is -2.04. The third-order valence-corrected chi connectivity index (χ3v) is 4.72. The second kappa shape index (κ2) is 11.1. The van der Waals surface area contributed by atoms with Crippen molar-refractivity contribution in [1.29, 1.82) is 0 Å². The summed E-state index contributed by atoms with van der Waals surface area (Å²) in [7, 11) is 1.59. The Morgan fingerprint density at radius 1 is 0.743 bits per heavy atom. The fraction of sp³-hybridized carbons (Fsp3) is 0.0400. The lowest BCUT2D eigenvalue weighted by atomic mass is 10.2. The predicted molar refractivity (Wildman–Crippen MR) is 137 cm³/mol. The standard InChI is InChI=1S/C25H23N7O3/c1-35-22-13-7-4-10-19(22)28-23-14-24(31-26-15-17-8-2-5-11-20(17)33)30-25(29-23)32-27-16-18-9-3-6-12-21(18)34/h2-16,33-34H,1H3,(H3,28,29,30,31,32). The van der Waals surface area contributed by atoms with E-state index in [9.17, 15) is 10.2 Å². The smallest absolute Gasteiger partial charge is 0.247 e. The van der Waals surface area contributed by atoms with Crippen LogP contribution in [0.4, 0.5) is 23.3 Å². The van der Waals surface area contributed by atoms with Crippen molar-refractivity contribution in [3.8, 4) is 17.2 Å². The van der Waals surface area contributed by atoms with Gasteiger partial charge in [0.2, 0.25) is 5.95 Å². The molecule has 4 aromatic rings. The number of aromatic nitrogens is 2. The van der Waals surface area contributed by atoms with Crippen LogP contribution in [-0.2, 0) is 0 Å². The highest BCUT2D eigenvalue weighted by atomic mass is 16.5. The number of benzene rings is 3. The van der Waals surface area contributed by atoms with Crippen LogP contribution in [0.15, 0.2) is 89.1 Å². The van der Waals surface area contributed by atoms with Gasteiger partial charge in [-0.3, -0.25) is 5.43 Å². The van der Waals surface area contributed by atoms with Gasteiger partial charge in [0.25, 0.3) is 0 Å². The van der Waals surface area contributed by atoms with Crippen LogP contribution in [0.1, 0.15) is 11.1 Å². The molecule has 0 unspecified atom stereocenters. The maximum atomic E-state index is 9.91. The fourth-order valence-electron chi connectivity index (χ4n) is 3.03. The molecule has 0 atom stereocenters. The Morgan fingerprint density at radius 3 is 1.97 bits per heavy atom. The average Bonchev–Trinajstić information content (AvgIpc) is 2.87. The highest BCUT2D eigenvalue weighted by molar-refractivity contribution is 5.84. The monoisotopic (exact) mass is 469 g/mol. The summed E-state index contributed by atoms with van der Waals surface area (Å²) in [4.78, 5) is 8.81. The van der Waals surface area contributed by atoms with Crippen molar-refractivity contribution >= 4 is 35.7 Å². The first-order chi connectivity index (χ1) is 17.1. The summed E-state index contributed by atoms with van der Waals surface area (Å²) in [5, 5.41) is 31.3. The zero-order chi connectivity index (χ0) is 24.5. The Kier molecular flexibility index (Phi) is 7.34. The number of rotatable bonds is 9. The number of nitrogens with one attached hydrogen (secondary N) is 3. The summed E-state index contributed by atoms with van der Waals surface area (Å²) in [6, 6.07) is 22.7. The second-order valence-electron chi connectivity index (χ2n) is 7.14. The molecule has 0 aliphatic rings. The molecule has 0 aliphatic carbocycles. The van der Waals surface area contributed by atoms with E-state index in [0.29, 0.717) is 34.2 Å². The van der Waals surface area contributed by atoms with E-state index in [1.807, 2.05) is 24.3 Å². The number of methoxy groups -OCH3 is 1. The molecule has 35 heavy (non-hydrogen) atoms. The van der Waals surface area contributed by atoms with Crippen molar-refractivity contribution < 1.29 is 14.9 Å². The van der Waals surface area contributed by atoms with E-state index in [2.05, 4.69) is 36.3 Å². The predicted octanol–water partition coefficient (Wildman–Crippen LogP) is 4.53. The summed E-state index contributed by atoms with van der Waals surface area (Å²) < 4.78 is 5.40. The molecule has 0 amide bonds. The molecule has 4 rings (SSSR count). The normalized spacial score (nSPS) is 11.0. The van der Waals surface area contributed by atoms with Gasteiger partial charge in [-0.15, -0.1) is 0 Å². The highest BCUT2D eigenvalue weighted by Gasteiger charge is 2.08. The molecule has 0 radical (unpaired) electrons. The lowest BCUT2D eigenvalue weighted by Gasteiger charge is -2.12. The summed E-state index contributed by atoms with van der Waals surface area (Å²) in [6.45, 7) is 0. The maximum Gasteiger partial charge on any atom is 0.247 e. The minimum atomic E-state index is 0.103. The zero-order valence-corrected chi connectivity index (χ0v) is 18.8. The number of hydrazone groups is 2. The van der Waals surface area contributed by atoms with Crippen molar-refractivity contribution in [2.75, 3.05) is 23.3 Å². The maximum absolute atomic E-state index is 9.91. The Labute approximate surface area is 201 Å². The van der Waals surface area contributed by atoms with Gasteiger partial charge >= 0.3 is 0 Å². The molecule has 3 aromatic carbocycles. The Balaban J connectivity index is 1.58. The quantitative estimate of drug-likeness (QED) is 0.178. The van der Waals surface area contributed by atoms with Crippen LogP contribution in [0, 0.1) is 0 Å². The summed E-state index contributed by atoms with van der Waals surface area (Å²) in [6.07, 6.45) is 2.94. The third kappa shape index (κ3) is 6.23. The summed E-state index contributed by atoms with van der Waals surface area (Å²) in [5.74, 6) is 1.85. The first-order valence-electron chi connectivity index (χ1n) is 10.6. The van der Waals surface area contributed by atoms with Crippen LogP contribution in [0.3, 0.4) is 0 Å². The van der Waals surface area contributed by atoms with Crippen molar-refractivity contribution in [2.45, 2.75) is 0 Å². The Morgan fingerprint density at radius 2 is 1.31 bits per heavy atom. The van der Waals surface area contributed by atoms with Gasteiger partial charge in [-0.2, -0.15) is 20.2 Å². The number of phenolic OH excluding ortho intramolecular Hbond substituents is 2. The third-order valence-electron chi connectivity index (χ3n) is 4.72. The summed E-state index contributed by atoms with van der Waals surface area (Å²) in [5.41, 5.74) is 7.40. The Hall–Kier alpha value is -5.12. The number of anilines is 4. The van der Waals surface area contributed by atoms with Gasteiger partial charge in [-0.1, -0.05) is 36.4 Å². The zero-order valence-electron chi connectivity index (χ0n) is 18.8. The highest BCUT2D eigenvalue weighted by Crippen LogP contribution is 2.27. The number of hydrogen-bond donors (Lipinski definition) is 5. The second-order valence-corrected chi connectivity index (χ2v) is 7.14. The minimum Gasteiger partial charge on any atom is -0.507 e. The Bertz CT molecular complexity index is 1280. The van der Waals surface area contributed by atoms with Gasteiger partial charge in [0, 0.05) is 17.2 Å². The van der Waals surface area contributed by atoms with E-state index in [1.165, 1.54) is 12.4 Å². The molecule has 0 saturated carbocycles. The molecule has 176 valence electrons. The molecule has 0 aliphatic heterocycles. The fourth-order valence-corrected chi connectivity index (χ4v) is 3.03. The number of hydrogen-bond acceptors (Lipinski definition) is 10. The molecule has 0 spiro atoms. The van der Waals surface area contributed by atoms with E-state index >= 15 is 0 Å². The van der Waals surface area contributed by atoms with E-state index < -0.39 is 0 Å². The van der Waals surface area contributed by atoms with Crippen molar-refractivity contribution in [3.63, 3.8) is 0 Å². The molecule has 10 heteroatoms. The van der Waals surface area contributed by atoms with E-state index in [-0.39, 0.29) is 17.4 Å². The molecule has 5 N–H and O–H groups in total. The lowest BCUT2D eigenvalue weighted by molar-refractivity contribution is 0.417. The molecule has 1 heterocycles. The van der Waals surface area contributed by atoms with Crippen LogP contribution in [0.5, 0.6) is 17.2 Å². The van der Waals surface area contributed by atoms with Crippen LogP contribution in [0.25, 0.3) is 0 Å². The van der Waals surface area contributed by atoms with Crippen LogP contribution < -0.4 is 20.9 Å². The number of ether oxygens (including phenoxy) is 1. The molecular formula is C25H23N7O3. The minimum absolute atomic E-state index is 0.103. The first kappa shape index (κ1) is 23.1. The van der Waals surface area contributed by atoms with Crippen molar-refractivity contribution in [3.05, 3.63) is 90.0 Å². The van der Waals surface area contributed by atoms with Gasteiger partial charge in [0.1, 0.15) is 23.1 Å². The molecule has 0 fully saturated rings. The van der Waals surface area contributed by atoms with E-state index in [0.717, 1.165) is 0 Å². The van der Waals surface area contributed by atoms with Crippen LogP contribution in [-0.4, -0.2) is 39.7 Å². The van der Waals surface area contributed by atoms with Gasteiger partial charge in [-0.05, 0) is 36.4 Å². The molecule has 0 bridgehead atoms. The SMILES string of the molecule is COc1ccccc1Nc1cc(NN=Cc2ccccc2O)nc(NN=Cc2ccccc2O)n1. The van der Waals surface area contributed by atoms with E-state index in [1.54, 1.807) is 61.7 Å². The number of nitrogens with zero attached hydrogens (tertiary/aromatic N) is 4. The average molecular weight is 470 g/mol. The molecule has 10 nitrogen and oxygen atoms in total. The molecular weight excluding hydrogens is 446 g/mol. The topological polar surface area (TPSA) is 136 Å². The molecule has 1 aromatic heterocycles. The largest absolute Gasteiger partial charge is 0.507 e. The van der Waals surface area contributed by atoms with Crippen molar-refractivity contribution in [2.24, 2.45) is 10.2 Å². The number of para-hydroxylation sites is 4. The van der Waals surface area contributed by atoms with Crippen molar-refractivity contribution in [1.82, 2.24) is 9.97 Å². The van der Waals surface area contributed by atoms with E-state index in [4.69, 9.17) is 4.74 Å². The van der Waals surface area contributed by atoms with Gasteiger partial charge in [-0.25, -0.2) is 5.43 Å². The van der Waals surface area contributed by atoms with Crippen LogP contribution in [0.2, 0.25) is 0 Å².